The molecule has 0 aliphatic heterocycles. The van der Waals surface area contributed by atoms with E-state index < -0.39 is 0 Å². The topological polar surface area (TPSA) is 29.1 Å². The van der Waals surface area contributed by atoms with Gasteiger partial charge in [-0.25, -0.2) is 0 Å². The van der Waals surface area contributed by atoms with Crippen LogP contribution in [-0.2, 0) is 19.4 Å². The molecule has 0 bridgehead atoms. The van der Waals surface area contributed by atoms with Crippen molar-refractivity contribution in [2.75, 3.05) is 0 Å². The predicted molar refractivity (Wildman–Crippen MR) is 77.4 cm³/mol. The maximum atomic E-state index is 12.2. The van der Waals surface area contributed by atoms with E-state index in [0.717, 1.165) is 24.0 Å². The van der Waals surface area contributed by atoms with Crippen LogP contribution in [0.3, 0.4) is 0 Å². The summed E-state index contributed by atoms with van der Waals surface area (Å²) in [5, 5.41) is 6.17. The van der Waals surface area contributed by atoms with Gasteiger partial charge in [-0.05, 0) is 36.8 Å². The smallest absolute Gasteiger partial charge is 0.253 e. The first-order valence-corrected chi connectivity index (χ1v) is 7.50. The van der Waals surface area contributed by atoms with Crippen molar-refractivity contribution in [2.45, 2.75) is 32.2 Å². The Hall–Kier alpha value is -1.61. The van der Waals surface area contributed by atoms with Crippen LogP contribution in [0.2, 0.25) is 0 Å². The molecule has 0 saturated heterocycles. The molecule has 0 fully saturated rings. The highest BCUT2D eigenvalue weighted by Gasteiger charge is 2.20. The van der Waals surface area contributed by atoms with Crippen molar-refractivity contribution in [3.63, 3.8) is 0 Å². The molecule has 0 spiro atoms. The summed E-state index contributed by atoms with van der Waals surface area (Å²) in [6.07, 6.45) is 4.58. The lowest BCUT2D eigenvalue weighted by Crippen LogP contribution is -2.23. The van der Waals surface area contributed by atoms with E-state index in [1.807, 2.05) is 30.3 Å². The molecule has 1 aliphatic rings. The molecule has 3 rings (SSSR count). The highest BCUT2D eigenvalue weighted by molar-refractivity contribution is 7.10. The monoisotopic (exact) mass is 270 g/mol. The van der Waals surface area contributed by atoms with Crippen LogP contribution in [0.15, 0.2) is 30.3 Å². The van der Waals surface area contributed by atoms with E-state index in [2.05, 4.69) is 10.7 Å². The fourth-order valence-corrected chi connectivity index (χ4v) is 3.49. The van der Waals surface area contributed by atoms with Crippen LogP contribution in [-0.4, -0.2) is 5.91 Å². The number of amides is 1. The number of hydrogen-bond acceptors (Lipinski definition) is 2. The summed E-state index contributed by atoms with van der Waals surface area (Å²) >= 11 is 1.62. The third-order valence-electron chi connectivity index (χ3n) is 3.52. The summed E-state index contributed by atoms with van der Waals surface area (Å²) < 4.78 is 0. The minimum atomic E-state index is 0.0169. The second kappa shape index (κ2) is 5.57. The van der Waals surface area contributed by atoms with E-state index >= 15 is 0 Å². The van der Waals surface area contributed by atoms with Gasteiger partial charge in [-0.1, -0.05) is 30.3 Å². The minimum absolute atomic E-state index is 0.0169. The van der Waals surface area contributed by atoms with Crippen LogP contribution >= 0.6 is 11.3 Å². The maximum absolute atomic E-state index is 12.2. The van der Waals surface area contributed by atoms with Crippen molar-refractivity contribution in [1.29, 1.82) is 0 Å². The molecule has 2 aromatic rings. The molecule has 2 nitrogen and oxygen atoms in total. The first-order chi connectivity index (χ1) is 9.34. The number of carbonyl (C=O) groups is 1. The Labute approximate surface area is 117 Å². The first kappa shape index (κ1) is 12.4. The summed E-state index contributed by atoms with van der Waals surface area (Å²) in [5.41, 5.74) is 3.14. The molecule has 0 unspecified atom stereocenters. The van der Waals surface area contributed by atoms with Crippen molar-refractivity contribution in [2.24, 2.45) is 0 Å². The Morgan fingerprint density at radius 3 is 2.84 bits per heavy atom. The number of carbonyl (C=O) groups excluding carboxylic acids is 1. The largest absolute Gasteiger partial charge is 0.348 e. The van der Waals surface area contributed by atoms with Gasteiger partial charge in [0.05, 0.1) is 10.9 Å². The summed E-state index contributed by atoms with van der Waals surface area (Å²) in [7, 11) is 0. The molecular formula is C16H16NOS. The SMILES string of the molecule is O=C(NCc1ccccc1)c1[c]sc2c1CCCC2. The molecule has 97 valence electrons. The number of hydrogen-bond donors (Lipinski definition) is 1. The molecule has 1 aromatic heterocycles. The lowest BCUT2D eigenvalue weighted by Gasteiger charge is -2.12. The second-order valence-corrected chi connectivity index (χ2v) is 5.76. The van der Waals surface area contributed by atoms with Gasteiger partial charge >= 0.3 is 0 Å². The molecule has 1 amide bonds. The van der Waals surface area contributed by atoms with E-state index in [0.29, 0.717) is 6.54 Å². The predicted octanol–water partition coefficient (Wildman–Crippen LogP) is 3.36. The highest BCUT2D eigenvalue weighted by Crippen LogP contribution is 2.29. The molecule has 1 radical (unpaired) electrons. The van der Waals surface area contributed by atoms with Crippen LogP contribution in [0.25, 0.3) is 0 Å². The average molecular weight is 270 g/mol. The number of rotatable bonds is 3. The van der Waals surface area contributed by atoms with Gasteiger partial charge in [0.15, 0.2) is 0 Å². The standard InChI is InChI=1S/C16H16NOS/c18-16(17-10-12-6-2-1-3-7-12)14-11-19-15-9-5-4-8-13(14)15/h1-3,6-7H,4-5,8-10H2,(H,17,18). The van der Waals surface area contributed by atoms with Crippen LogP contribution in [0.1, 0.15) is 39.2 Å². The third-order valence-corrected chi connectivity index (χ3v) is 4.52. The van der Waals surface area contributed by atoms with Crippen LogP contribution in [0.4, 0.5) is 0 Å². The highest BCUT2D eigenvalue weighted by atomic mass is 32.1. The second-order valence-electron chi connectivity index (χ2n) is 4.86. The Morgan fingerprint density at radius 1 is 1.21 bits per heavy atom. The maximum Gasteiger partial charge on any atom is 0.253 e. The number of benzene rings is 1. The molecule has 1 aromatic carbocycles. The number of nitrogens with one attached hydrogen (secondary N) is 1. The van der Waals surface area contributed by atoms with Crippen molar-refractivity contribution in [3.05, 3.63) is 57.3 Å². The van der Waals surface area contributed by atoms with Gasteiger partial charge in [0.25, 0.3) is 5.91 Å². The van der Waals surface area contributed by atoms with Gasteiger partial charge in [0.1, 0.15) is 0 Å². The normalized spacial score (nSPS) is 13.9. The lowest BCUT2D eigenvalue weighted by atomic mass is 9.95. The van der Waals surface area contributed by atoms with Gasteiger partial charge in [-0.2, -0.15) is 0 Å². The molecule has 0 atom stereocenters. The van der Waals surface area contributed by atoms with Crippen LogP contribution in [0.5, 0.6) is 0 Å². The van der Waals surface area contributed by atoms with Gasteiger partial charge in [0, 0.05) is 11.4 Å². The molecule has 1 heterocycles. The molecule has 19 heavy (non-hydrogen) atoms. The fourth-order valence-electron chi connectivity index (χ4n) is 2.48. The zero-order valence-corrected chi connectivity index (χ0v) is 11.6. The quantitative estimate of drug-likeness (QED) is 0.910. The molecule has 1 N–H and O–H groups in total. The van der Waals surface area contributed by atoms with E-state index in [1.165, 1.54) is 23.3 Å². The Morgan fingerprint density at radius 2 is 2.00 bits per heavy atom. The zero-order chi connectivity index (χ0) is 13.1. The van der Waals surface area contributed by atoms with Gasteiger partial charge in [-0.15, -0.1) is 11.3 Å². The van der Waals surface area contributed by atoms with E-state index in [-0.39, 0.29) is 5.91 Å². The number of fused-ring (bicyclic) bond motifs is 1. The molecule has 1 aliphatic carbocycles. The van der Waals surface area contributed by atoms with E-state index in [1.54, 1.807) is 11.3 Å². The Kier molecular flexibility index (Phi) is 3.65. The first-order valence-electron chi connectivity index (χ1n) is 6.69. The van der Waals surface area contributed by atoms with Crippen molar-refractivity contribution in [3.8, 4) is 0 Å². The van der Waals surface area contributed by atoms with Gasteiger partial charge in [0.2, 0.25) is 0 Å². The van der Waals surface area contributed by atoms with E-state index in [9.17, 15) is 4.79 Å². The minimum Gasteiger partial charge on any atom is -0.348 e. The molecule has 0 saturated carbocycles. The van der Waals surface area contributed by atoms with E-state index in [4.69, 9.17) is 0 Å². The lowest BCUT2D eigenvalue weighted by molar-refractivity contribution is 0.0950. The Bertz CT molecular complexity index is 574. The third kappa shape index (κ3) is 2.71. The number of thiophene rings is 1. The summed E-state index contributed by atoms with van der Waals surface area (Å²) in [6, 6.07) is 9.99. The summed E-state index contributed by atoms with van der Waals surface area (Å²) in [5.74, 6) is 0.0169. The van der Waals surface area contributed by atoms with Crippen LogP contribution < -0.4 is 5.32 Å². The Balaban J connectivity index is 1.69. The molecule has 3 heteroatoms. The number of aryl methyl sites for hydroxylation is 1. The summed E-state index contributed by atoms with van der Waals surface area (Å²) in [4.78, 5) is 13.6. The summed E-state index contributed by atoms with van der Waals surface area (Å²) in [6.45, 7) is 0.581. The average Bonchev–Trinajstić information content (AvgIpc) is 2.90. The van der Waals surface area contributed by atoms with Gasteiger partial charge in [-0.3, -0.25) is 4.79 Å². The van der Waals surface area contributed by atoms with Crippen molar-refractivity contribution >= 4 is 17.2 Å². The molecular weight excluding hydrogens is 254 g/mol. The van der Waals surface area contributed by atoms with Gasteiger partial charge < -0.3 is 5.32 Å². The van der Waals surface area contributed by atoms with Crippen molar-refractivity contribution < 1.29 is 4.79 Å². The van der Waals surface area contributed by atoms with Crippen molar-refractivity contribution in [1.82, 2.24) is 5.32 Å². The van der Waals surface area contributed by atoms with Crippen LogP contribution in [0, 0.1) is 5.38 Å². The fraction of sp³-hybridized carbons (Fsp3) is 0.312. The zero-order valence-electron chi connectivity index (χ0n) is 10.7.